The third kappa shape index (κ3) is 4.60. The van der Waals surface area contributed by atoms with E-state index in [4.69, 9.17) is 37.9 Å². The highest BCUT2D eigenvalue weighted by Gasteiger charge is 2.55. The van der Waals surface area contributed by atoms with Gasteiger partial charge in [-0.3, -0.25) is 4.79 Å². The molecule has 3 heterocycles. The number of aliphatic hydroxyl groups is 4. The third-order valence-corrected chi connectivity index (χ3v) is 8.38. The molecule has 9 atom stereocenters. The zero-order chi connectivity index (χ0) is 29.7. The topological polar surface area (TPSA) is 172 Å². The molecule has 2 aromatic rings. The van der Waals surface area contributed by atoms with Gasteiger partial charge in [0, 0.05) is 11.8 Å². The van der Waals surface area contributed by atoms with Gasteiger partial charge in [-0.25, -0.2) is 0 Å². The van der Waals surface area contributed by atoms with Crippen LogP contribution >= 0.6 is 0 Å². The van der Waals surface area contributed by atoms with Gasteiger partial charge in [0.05, 0.1) is 46.1 Å². The molecule has 42 heavy (non-hydrogen) atoms. The van der Waals surface area contributed by atoms with Crippen molar-refractivity contribution in [2.75, 3.05) is 40.8 Å². The second kappa shape index (κ2) is 11.4. The summed E-state index contributed by atoms with van der Waals surface area (Å²) in [6, 6.07) is 7.16. The Balaban J connectivity index is 1.48. The molecule has 228 valence electrons. The van der Waals surface area contributed by atoms with E-state index in [-0.39, 0.29) is 13.4 Å². The Bertz CT molecular complexity index is 1300. The fourth-order valence-electron chi connectivity index (χ4n) is 6.38. The van der Waals surface area contributed by atoms with Crippen LogP contribution in [0.5, 0.6) is 28.7 Å². The minimum atomic E-state index is -1.63. The SMILES string of the molecule is CCOc1c(OC)cc(C2c3cc4c(cc3C(OC3OC(CO)C(O)C(O)C3O)C3COC(=O)C23)OCO4)cc1OC. The molecule has 0 aromatic heterocycles. The first-order valence-electron chi connectivity index (χ1n) is 13.8. The first-order valence-corrected chi connectivity index (χ1v) is 13.8. The highest BCUT2D eigenvalue weighted by molar-refractivity contribution is 5.79. The summed E-state index contributed by atoms with van der Waals surface area (Å²) in [5.74, 6) is -0.0356. The van der Waals surface area contributed by atoms with E-state index in [1.54, 1.807) is 24.3 Å². The zero-order valence-corrected chi connectivity index (χ0v) is 23.3. The first-order chi connectivity index (χ1) is 20.3. The molecule has 1 aliphatic carbocycles. The van der Waals surface area contributed by atoms with Crippen LogP contribution in [0.4, 0.5) is 0 Å². The highest BCUT2D eigenvalue weighted by atomic mass is 16.7. The number of esters is 1. The molecule has 13 nitrogen and oxygen atoms in total. The van der Waals surface area contributed by atoms with E-state index >= 15 is 0 Å². The molecule has 0 radical (unpaired) electrons. The van der Waals surface area contributed by atoms with Crippen molar-refractivity contribution in [1.82, 2.24) is 0 Å². The Morgan fingerprint density at radius 1 is 0.905 bits per heavy atom. The van der Waals surface area contributed by atoms with Crippen molar-refractivity contribution in [2.24, 2.45) is 11.8 Å². The van der Waals surface area contributed by atoms with Crippen molar-refractivity contribution < 1.29 is 63.1 Å². The van der Waals surface area contributed by atoms with Gasteiger partial charge in [0.25, 0.3) is 0 Å². The van der Waals surface area contributed by atoms with Gasteiger partial charge in [-0.05, 0) is 47.9 Å². The maximum atomic E-state index is 13.4. The maximum Gasteiger partial charge on any atom is 0.310 e. The molecule has 2 fully saturated rings. The largest absolute Gasteiger partial charge is 0.493 e. The lowest BCUT2D eigenvalue weighted by Crippen LogP contribution is -2.59. The van der Waals surface area contributed by atoms with Gasteiger partial charge in [0.15, 0.2) is 29.3 Å². The number of hydrogen-bond acceptors (Lipinski definition) is 13. The predicted octanol–water partition coefficient (Wildman–Crippen LogP) is 0.623. The van der Waals surface area contributed by atoms with Crippen LogP contribution in [-0.2, 0) is 19.0 Å². The zero-order valence-electron chi connectivity index (χ0n) is 23.3. The number of benzene rings is 2. The normalized spacial score (nSPS) is 33.0. The molecule has 0 saturated carbocycles. The highest BCUT2D eigenvalue weighted by Crippen LogP contribution is 2.57. The lowest BCUT2D eigenvalue weighted by atomic mass is 9.66. The number of aliphatic hydroxyl groups excluding tert-OH is 4. The molecule has 0 spiro atoms. The molecule has 0 bridgehead atoms. The number of carbonyl (C=O) groups excluding carboxylic acids is 1. The molecule has 2 aromatic carbocycles. The number of rotatable bonds is 8. The minimum absolute atomic E-state index is 0.0146. The van der Waals surface area contributed by atoms with Crippen molar-refractivity contribution in [3.8, 4) is 28.7 Å². The van der Waals surface area contributed by atoms with Gasteiger partial charge in [0.1, 0.15) is 24.4 Å². The van der Waals surface area contributed by atoms with Crippen LogP contribution in [0, 0.1) is 11.8 Å². The molecule has 4 N–H and O–H groups in total. The molecule has 13 heteroatoms. The summed E-state index contributed by atoms with van der Waals surface area (Å²) in [4.78, 5) is 13.4. The number of methoxy groups -OCH3 is 2. The van der Waals surface area contributed by atoms with Crippen LogP contribution in [0.15, 0.2) is 24.3 Å². The predicted molar refractivity (Wildman–Crippen MR) is 141 cm³/mol. The average Bonchev–Trinajstić information content (AvgIpc) is 3.62. The fourth-order valence-corrected chi connectivity index (χ4v) is 6.38. The molecular weight excluding hydrogens is 556 g/mol. The van der Waals surface area contributed by atoms with E-state index in [0.717, 1.165) is 0 Å². The summed E-state index contributed by atoms with van der Waals surface area (Å²) >= 11 is 0. The maximum absolute atomic E-state index is 13.4. The van der Waals surface area contributed by atoms with Gasteiger partial charge >= 0.3 is 5.97 Å². The van der Waals surface area contributed by atoms with Gasteiger partial charge in [-0.15, -0.1) is 0 Å². The summed E-state index contributed by atoms with van der Waals surface area (Å²) in [7, 11) is 3.04. The molecule has 3 aliphatic heterocycles. The van der Waals surface area contributed by atoms with Gasteiger partial charge < -0.3 is 58.3 Å². The van der Waals surface area contributed by atoms with Crippen molar-refractivity contribution in [1.29, 1.82) is 0 Å². The van der Waals surface area contributed by atoms with Crippen molar-refractivity contribution in [3.63, 3.8) is 0 Å². The Kier molecular flexibility index (Phi) is 7.81. The molecule has 4 aliphatic rings. The van der Waals surface area contributed by atoms with Crippen molar-refractivity contribution in [3.05, 3.63) is 41.0 Å². The molecule has 2 saturated heterocycles. The van der Waals surface area contributed by atoms with E-state index in [2.05, 4.69) is 0 Å². The Hall–Kier alpha value is -3.33. The first kappa shape index (κ1) is 28.8. The van der Waals surface area contributed by atoms with Crippen LogP contribution < -0.4 is 23.7 Å². The Morgan fingerprint density at radius 2 is 1.57 bits per heavy atom. The van der Waals surface area contributed by atoms with Crippen molar-refractivity contribution >= 4 is 5.97 Å². The Labute approximate surface area is 241 Å². The van der Waals surface area contributed by atoms with Crippen LogP contribution in [0.1, 0.15) is 35.6 Å². The van der Waals surface area contributed by atoms with Crippen LogP contribution in [0.3, 0.4) is 0 Å². The fraction of sp³-hybridized carbons (Fsp3) is 0.552. The lowest BCUT2D eigenvalue weighted by molar-refractivity contribution is -0.317. The molecular formula is C29H34O13. The van der Waals surface area contributed by atoms with Crippen LogP contribution in [0.2, 0.25) is 0 Å². The second-order valence-corrected chi connectivity index (χ2v) is 10.6. The van der Waals surface area contributed by atoms with E-state index in [9.17, 15) is 25.2 Å². The van der Waals surface area contributed by atoms with Crippen LogP contribution in [0.25, 0.3) is 0 Å². The number of cyclic esters (lactones) is 1. The third-order valence-electron chi connectivity index (χ3n) is 8.38. The molecule has 0 amide bonds. The van der Waals surface area contributed by atoms with E-state index in [1.165, 1.54) is 14.2 Å². The van der Waals surface area contributed by atoms with E-state index in [0.29, 0.717) is 52.0 Å². The summed E-state index contributed by atoms with van der Waals surface area (Å²) < 4.78 is 46.0. The average molecular weight is 591 g/mol. The van der Waals surface area contributed by atoms with E-state index < -0.39 is 67.1 Å². The van der Waals surface area contributed by atoms with E-state index in [1.807, 2.05) is 6.92 Å². The number of ether oxygens (including phenoxy) is 8. The van der Waals surface area contributed by atoms with Gasteiger partial charge in [-0.2, -0.15) is 0 Å². The number of fused-ring (bicyclic) bond motifs is 3. The summed E-state index contributed by atoms with van der Waals surface area (Å²) in [6.45, 7) is 1.65. The summed E-state index contributed by atoms with van der Waals surface area (Å²) in [6.07, 6.45) is -8.27. The number of hydrogen-bond donors (Lipinski definition) is 4. The smallest absolute Gasteiger partial charge is 0.310 e. The standard InChI is InChI=1S/C29H34O13/c1-4-37-27-18(35-2)5-12(6-19(27)36-3)21-13-7-16-17(40-11-39-16)8-14(13)26(15-10-38-28(34)22(15)21)42-29-25(33)24(32)23(31)20(9-30)41-29/h5-8,15,20-26,29-33H,4,9-11H2,1-3H3. The summed E-state index contributed by atoms with van der Waals surface area (Å²) in [5.41, 5.74) is 2.02. The Morgan fingerprint density at radius 3 is 2.19 bits per heavy atom. The quantitative estimate of drug-likeness (QED) is 0.316. The second-order valence-electron chi connectivity index (χ2n) is 10.6. The lowest BCUT2D eigenvalue weighted by Gasteiger charge is -2.44. The van der Waals surface area contributed by atoms with Crippen LogP contribution in [-0.4, -0.2) is 97.9 Å². The number of carbonyl (C=O) groups is 1. The van der Waals surface area contributed by atoms with Gasteiger partial charge in [-0.1, -0.05) is 0 Å². The van der Waals surface area contributed by atoms with Gasteiger partial charge in [0.2, 0.25) is 12.5 Å². The molecule has 9 unspecified atom stereocenters. The van der Waals surface area contributed by atoms with Crippen molar-refractivity contribution in [2.45, 2.75) is 49.7 Å². The molecule has 6 rings (SSSR count). The minimum Gasteiger partial charge on any atom is -0.493 e. The summed E-state index contributed by atoms with van der Waals surface area (Å²) in [5, 5.41) is 41.1. The monoisotopic (exact) mass is 590 g/mol.